The summed E-state index contributed by atoms with van der Waals surface area (Å²) >= 11 is 0. The predicted octanol–water partition coefficient (Wildman–Crippen LogP) is 3.09. The highest BCUT2D eigenvalue weighted by Crippen LogP contribution is 2.28. The van der Waals surface area contributed by atoms with Gasteiger partial charge >= 0.3 is 12.2 Å². The number of likely N-dealkylation sites (N-methyl/N-ethyl adjacent to an activating group) is 1. The van der Waals surface area contributed by atoms with Crippen molar-refractivity contribution in [2.45, 2.75) is 20.8 Å². The molecular weight excluding hydrogens is 310 g/mol. The van der Waals surface area contributed by atoms with Gasteiger partial charge in [0.1, 0.15) is 0 Å². The first-order chi connectivity index (χ1) is 11.4. The molecule has 0 aliphatic carbocycles. The van der Waals surface area contributed by atoms with Gasteiger partial charge in [0, 0.05) is 13.1 Å². The quantitative estimate of drug-likeness (QED) is 0.828. The van der Waals surface area contributed by atoms with E-state index in [1.165, 1.54) is 4.90 Å². The Bertz CT molecular complexity index is 561. The Morgan fingerprint density at radius 1 is 1.08 bits per heavy atom. The third-order valence-electron chi connectivity index (χ3n) is 3.22. The van der Waals surface area contributed by atoms with Crippen LogP contribution in [0.3, 0.4) is 0 Å². The molecule has 0 unspecified atom stereocenters. The second-order valence-electron chi connectivity index (χ2n) is 5.52. The molecular formula is C17H27N3O4. The smallest absolute Gasteiger partial charge is 0.414 e. The van der Waals surface area contributed by atoms with Crippen LogP contribution < -0.4 is 10.2 Å². The van der Waals surface area contributed by atoms with Gasteiger partial charge in [-0.3, -0.25) is 10.2 Å². The molecule has 0 bridgehead atoms. The number of anilines is 2. The fraction of sp³-hybridized carbons (Fsp3) is 0.529. The normalized spacial score (nSPS) is 10.4. The van der Waals surface area contributed by atoms with Crippen LogP contribution in [-0.2, 0) is 9.47 Å². The first kappa shape index (κ1) is 19.8. The molecule has 7 nitrogen and oxygen atoms in total. The van der Waals surface area contributed by atoms with Crippen LogP contribution in [0.25, 0.3) is 0 Å². The lowest BCUT2D eigenvalue weighted by molar-refractivity contribution is 0.159. The molecule has 0 fully saturated rings. The molecule has 1 rings (SSSR count). The number of nitrogens with one attached hydrogen (secondary N) is 1. The van der Waals surface area contributed by atoms with Gasteiger partial charge < -0.3 is 14.4 Å². The summed E-state index contributed by atoms with van der Waals surface area (Å²) in [5, 5.41) is 2.68. The average Bonchev–Trinajstić information content (AvgIpc) is 2.50. The molecule has 0 saturated heterocycles. The van der Waals surface area contributed by atoms with Crippen LogP contribution >= 0.6 is 0 Å². The standard InChI is InChI=1S/C17H27N3O4/c1-6-23-16(21)18-14-9-8-13(3)12-15(14)20(11-10-19(4)5)17(22)24-7-2/h8-9,12H,6-7,10-11H2,1-5H3,(H,18,21). The lowest BCUT2D eigenvalue weighted by atomic mass is 10.1. The van der Waals surface area contributed by atoms with Crippen molar-refractivity contribution in [2.24, 2.45) is 0 Å². The molecule has 134 valence electrons. The van der Waals surface area contributed by atoms with Crippen molar-refractivity contribution < 1.29 is 19.1 Å². The minimum Gasteiger partial charge on any atom is -0.450 e. The first-order valence-corrected chi connectivity index (χ1v) is 8.02. The molecule has 0 aromatic heterocycles. The van der Waals surface area contributed by atoms with Crippen LogP contribution in [0, 0.1) is 6.92 Å². The Labute approximate surface area is 143 Å². The van der Waals surface area contributed by atoms with Crippen LogP contribution in [0.1, 0.15) is 19.4 Å². The van der Waals surface area contributed by atoms with Gasteiger partial charge in [0.2, 0.25) is 0 Å². The number of rotatable bonds is 7. The minimum absolute atomic E-state index is 0.273. The van der Waals surface area contributed by atoms with Crippen molar-refractivity contribution >= 4 is 23.6 Å². The van der Waals surface area contributed by atoms with Crippen molar-refractivity contribution in [3.05, 3.63) is 23.8 Å². The van der Waals surface area contributed by atoms with Crippen LogP contribution in [0.5, 0.6) is 0 Å². The maximum absolute atomic E-state index is 12.4. The van der Waals surface area contributed by atoms with E-state index < -0.39 is 12.2 Å². The highest BCUT2D eigenvalue weighted by atomic mass is 16.6. The summed E-state index contributed by atoms with van der Waals surface area (Å²) in [5.74, 6) is 0. The Kier molecular flexibility index (Phi) is 8.05. The molecule has 1 N–H and O–H groups in total. The molecule has 2 amide bonds. The molecule has 0 spiro atoms. The summed E-state index contributed by atoms with van der Waals surface area (Å²) in [6.07, 6.45) is -1.00. The highest BCUT2D eigenvalue weighted by Gasteiger charge is 2.21. The highest BCUT2D eigenvalue weighted by molar-refractivity contribution is 5.97. The largest absolute Gasteiger partial charge is 0.450 e. The van der Waals surface area contributed by atoms with E-state index in [1.54, 1.807) is 19.9 Å². The molecule has 7 heteroatoms. The molecule has 0 aliphatic rings. The zero-order chi connectivity index (χ0) is 18.1. The third kappa shape index (κ3) is 6.08. The van der Waals surface area contributed by atoms with Gasteiger partial charge in [0.25, 0.3) is 0 Å². The Morgan fingerprint density at radius 2 is 1.75 bits per heavy atom. The van der Waals surface area contributed by atoms with Gasteiger partial charge in [0.05, 0.1) is 24.6 Å². The van der Waals surface area contributed by atoms with Crippen molar-refractivity contribution in [3.8, 4) is 0 Å². The summed E-state index contributed by atoms with van der Waals surface area (Å²) < 4.78 is 10.1. The van der Waals surface area contributed by atoms with E-state index in [4.69, 9.17) is 9.47 Å². The number of nitrogens with zero attached hydrogens (tertiary/aromatic N) is 2. The van der Waals surface area contributed by atoms with Crippen molar-refractivity contribution in [1.29, 1.82) is 0 Å². The van der Waals surface area contributed by atoms with Gasteiger partial charge in [-0.1, -0.05) is 6.07 Å². The van der Waals surface area contributed by atoms with Gasteiger partial charge in [-0.2, -0.15) is 0 Å². The van der Waals surface area contributed by atoms with E-state index in [9.17, 15) is 9.59 Å². The lowest BCUT2D eigenvalue weighted by Crippen LogP contribution is -2.37. The van der Waals surface area contributed by atoms with E-state index in [-0.39, 0.29) is 13.2 Å². The summed E-state index contributed by atoms with van der Waals surface area (Å²) in [7, 11) is 3.86. The number of hydrogen-bond acceptors (Lipinski definition) is 5. The van der Waals surface area contributed by atoms with Gasteiger partial charge in [-0.15, -0.1) is 0 Å². The fourth-order valence-corrected chi connectivity index (χ4v) is 2.06. The molecule has 0 atom stereocenters. The number of carbonyl (C=O) groups is 2. The van der Waals surface area contributed by atoms with Crippen molar-refractivity contribution in [3.63, 3.8) is 0 Å². The molecule has 0 aliphatic heterocycles. The summed E-state index contributed by atoms with van der Waals surface area (Å²) in [6.45, 7) is 7.07. The molecule has 0 heterocycles. The van der Waals surface area contributed by atoms with Crippen LogP contribution in [-0.4, -0.2) is 57.5 Å². The van der Waals surface area contributed by atoms with Crippen LogP contribution in [0.15, 0.2) is 18.2 Å². The van der Waals surface area contributed by atoms with E-state index >= 15 is 0 Å². The zero-order valence-corrected chi connectivity index (χ0v) is 15.1. The fourth-order valence-electron chi connectivity index (χ4n) is 2.06. The van der Waals surface area contributed by atoms with Gasteiger partial charge in [0.15, 0.2) is 0 Å². The number of carbonyl (C=O) groups excluding carboxylic acids is 2. The third-order valence-corrected chi connectivity index (χ3v) is 3.22. The predicted molar refractivity (Wildman–Crippen MR) is 94.7 cm³/mol. The molecule has 1 aromatic rings. The van der Waals surface area contributed by atoms with Crippen LogP contribution in [0.4, 0.5) is 21.0 Å². The topological polar surface area (TPSA) is 71.1 Å². The summed E-state index contributed by atoms with van der Waals surface area (Å²) in [4.78, 5) is 27.6. The lowest BCUT2D eigenvalue weighted by Gasteiger charge is -2.26. The molecule has 0 radical (unpaired) electrons. The second-order valence-corrected chi connectivity index (χ2v) is 5.52. The second kappa shape index (κ2) is 9.77. The molecule has 0 saturated carbocycles. The maximum atomic E-state index is 12.4. The Balaban J connectivity index is 3.15. The van der Waals surface area contributed by atoms with Crippen LogP contribution in [0.2, 0.25) is 0 Å². The number of ether oxygens (including phenoxy) is 2. The Morgan fingerprint density at radius 3 is 2.33 bits per heavy atom. The monoisotopic (exact) mass is 337 g/mol. The molecule has 1 aromatic carbocycles. The van der Waals surface area contributed by atoms with Crippen molar-refractivity contribution in [1.82, 2.24) is 4.90 Å². The number of aryl methyl sites for hydroxylation is 1. The van der Waals surface area contributed by atoms with Gasteiger partial charge in [-0.05, 0) is 52.6 Å². The van der Waals surface area contributed by atoms with E-state index in [0.29, 0.717) is 24.5 Å². The Hall–Kier alpha value is -2.28. The van der Waals surface area contributed by atoms with Crippen molar-refractivity contribution in [2.75, 3.05) is 50.6 Å². The minimum atomic E-state index is -0.556. The number of benzene rings is 1. The number of amides is 2. The summed E-state index contributed by atoms with van der Waals surface area (Å²) in [6, 6.07) is 5.46. The molecule has 24 heavy (non-hydrogen) atoms. The zero-order valence-electron chi connectivity index (χ0n) is 15.1. The maximum Gasteiger partial charge on any atom is 0.414 e. The SMILES string of the molecule is CCOC(=O)Nc1ccc(C)cc1N(CCN(C)C)C(=O)OCC. The van der Waals surface area contributed by atoms with E-state index in [2.05, 4.69) is 5.32 Å². The van der Waals surface area contributed by atoms with E-state index in [0.717, 1.165) is 5.56 Å². The van der Waals surface area contributed by atoms with Gasteiger partial charge in [-0.25, -0.2) is 9.59 Å². The average molecular weight is 337 g/mol. The number of hydrogen-bond donors (Lipinski definition) is 1. The summed E-state index contributed by atoms with van der Waals surface area (Å²) in [5.41, 5.74) is 2.06. The van der Waals surface area contributed by atoms with E-state index in [1.807, 2.05) is 38.1 Å². The first-order valence-electron chi connectivity index (χ1n) is 8.02.